The summed E-state index contributed by atoms with van der Waals surface area (Å²) in [6.45, 7) is 2.18. The molecule has 3 nitrogen and oxygen atoms in total. The molecule has 0 amide bonds. The van der Waals surface area contributed by atoms with Gasteiger partial charge in [-0.2, -0.15) is 0 Å². The van der Waals surface area contributed by atoms with Crippen LogP contribution in [0.4, 0.5) is 0 Å². The molecule has 0 saturated heterocycles. The topological polar surface area (TPSA) is 46.2 Å². The summed E-state index contributed by atoms with van der Waals surface area (Å²) in [5.74, 6) is 2.49. The van der Waals surface area contributed by atoms with E-state index in [1.54, 1.807) is 6.07 Å². The first-order chi connectivity index (χ1) is 13.5. The second-order valence-corrected chi connectivity index (χ2v) is 11.5. The summed E-state index contributed by atoms with van der Waals surface area (Å²) in [5, 5.41) is 2.06. The van der Waals surface area contributed by atoms with Crippen molar-refractivity contribution in [1.29, 1.82) is 0 Å². The summed E-state index contributed by atoms with van der Waals surface area (Å²) in [6, 6.07) is 13.5. The maximum Gasteiger partial charge on any atom is 0.240 e. The van der Waals surface area contributed by atoms with Gasteiger partial charge < -0.3 is 0 Å². The van der Waals surface area contributed by atoms with Crippen molar-refractivity contribution in [2.75, 3.05) is 0 Å². The van der Waals surface area contributed by atoms with Crippen molar-refractivity contribution in [2.45, 2.75) is 69.2 Å². The maximum absolute atomic E-state index is 13.3. The summed E-state index contributed by atoms with van der Waals surface area (Å²) < 4.78 is 29.9. The van der Waals surface area contributed by atoms with Gasteiger partial charge in [-0.05, 0) is 91.0 Å². The largest absolute Gasteiger partial charge is 0.240 e. The van der Waals surface area contributed by atoms with Gasteiger partial charge in [0.2, 0.25) is 10.0 Å². The van der Waals surface area contributed by atoms with Crippen molar-refractivity contribution >= 4 is 20.8 Å². The number of hydrogen-bond donors (Lipinski definition) is 1. The fourth-order valence-electron chi connectivity index (χ4n) is 6.97. The summed E-state index contributed by atoms with van der Waals surface area (Å²) in [4.78, 5) is 0.400. The smallest absolute Gasteiger partial charge is 0.208 e. The van der Waals surface area contributed by atoms with Gasteiger partial charge in [0.1, 0.15) is 0 Å². The van der Waals surface area contributed by atoms with Crippen LogP contribution < -0.4 is 4.72 Å². The Morgan fingerprint density at radius 1 is 0.964 bits per heavy atom. The lowest BCUT2D eigenvalue weighted by molar-refractivity contribution is -0.0712. The standard InChI is InChI=1S/C24H31NO2S/c1-2-5-23(24-14-17-10-18(15-24)12-19(11-17)16-24)25-28(26,27)22-9-8-20-6-3-4-7-21(20)13-22/h3-4,6-9,13,17-19,23,25H,2,5,10-12,14-16H2,1H3. The van der Waals surface area contributed by atoms with Crippen molar-refractivity contribution in [3.8, 4) is 0 Å². The molecule has 28 heavy (non-hydrogen) atoms. The third-order valence-corrected chi connectivity index (χ3v) is 9.20. The van der Waals surface area contributed by atoms with Gasteiger partial charge in [-0.15, -0.1) is 0 Å². The first kappa shape index (κ1) is 18.6. The molecule has 150 valence electrons. The molecule has 0 spiro atoms. The van der Waals surface area contributed by atoms with Crippen molar-refractivity contribution in [2.24, 2.45) is 23.2 Å². The molecule has 0 heterocycles. The van der Waals surface area contributed by atoms with E-state index >= 15 is 0 Å². The average Bonchev–Trinajstić information content (AvgIpc) is 2.66. The third-order valence-electron chi connectivity index (χ3n) is 7.73. The lowest BCUT2D eigenvalue weighted by Gasteiger charge is -2.59. The van der Waals surface area contributed by atoms with E-state index in [0.717, 1.165) is 41.4 Å². The zero-order chi connectivity index (χ0) is 19.4. The lowest BCUT2D eigenvalue weighted by Crippen LogP contribution is -2.56. The molecule has 1 N–H and O–H groups in total. The molecule has 2 aromatic rings. The van der Waals surface area contributed by atoms with Crippen LogP contribution in [0.25, 0.3) is 10.8 Å². The van der Waals surface area contributed by atoms with Gasteiger partial charge >= 0.3 is 0 Å². The Kier molecular flexibility index (Phi) is 4.55. The van der Waals surface area contributed by atoms with E-state index in [1.165, 1.54) is 38.5 Å². The quantitative estimate of drug-likeness (QED) is 0.699. The monoisotopic (exact) mass is 397 g/mol. The molecule has 4 bridgehead atoms. The Bertz CT molecular complexity index is 946. The van der Waals surface area contributed by atoms with Crippen LogP contribution in [0.3, 0.4) is 0 Å². The second-order valence-electron chi connectivity index (χ2n) is 9.75. The minimum Gasteiger partial charge on any atom is -0.208 e. The van der Waals surface area contributed by atoms with Crippen molar-refractivity contribution in [1.82, 2.24) is 4.72 Å². The first-order valence-corrected chi connectivity index (χ1v) is 12.5. The molecule has 1 atom stereocenters. The molecule has 0 radical (unpaired) electrons. The van der Waals surface area contributed by atoms with E-state index in [9.17, 15) is 8.42 Å². The average molecular weight is 398 g/mol. The SMILES string of the molecule is CCCC(NS(=O)(=O)c1ccc2ccccc2c1)C12CC3CC(CC(C3)C1)C2. The number of rotatable bonds is 6. The van der Waals surface area contributed by atoms with Crippen molar-refractivity contribution in [3.63, 3.8) is 0 Å². The lowest BCUT2D eigenvalue weighted by atomic mass is 9.47. The Balaban J connectivity index is 1.45. The summed E-state index contributed by atoms with van der Waals surface area (Å²) >= 11 is 0. The van der Waals surface area contributed by atoms with E-state index in [2.05, 4.69) is 11.6 Å². The van der Waals surface area contributed by atoms with Crippen LogP contribution in [-0.2, 0) is 10.0 Å². The highest BCUT2D eigenvalue weighted by Gasteiger charge is 2.54. The Labute approximate surface area is 169 Å². The van der Waals surface area contributed by atoms with Crippen LogP contribution in [0.1, 0.15) is 58.3 Å². The molecule has 2 aromatic carbocycles. The maximum atomic E-state index is 13.3. The highest BCUT2D eigenvalue weighted by atomic mass is 32.2. The predicted molar refractivity (Wildman–Crippen MR) is 114 cm³/mol. The van der Waals surface area contributed by atoms with Crippen LogP contribution in [0.2, 0.25) is 0 Å². The molecule has 4 aliphatic carbocycles. The van der Waals surface area contributed by atoms with Crippen LogP contribution >= 0.6 is 0 Å². The van der Waals surface area contributed by atoms with Gasteiger partial charge in [-0.25, -0.2) is 13.1 Å². The highest BCUT2D eigenvalue weighted by Crippen LogP contribution is 2.61. The number of fused-ring (bicyclic) bond motifs is 1. The molecule has 0 aromatic heterocycles. The minimum atomic E-state index is -3.52. The van der Waals surface area contributed by atoms with Gasteiger partial charge in [0.25, 0.3) is 0 Å². The minimum absolute atomic E-state index is 0.0716. The van der Waals surface area contributed by atoms with Gasteiger partial charge in [-0.1, -0.05) is 43.7 Å². The number of sulfonamides is 1. The zero-order valence-corrected chi connectivity index (χ0v) is 17.5. The van der Waals surface area contributed by atoms with Crippen LogP contribution in [-0.4, -0.2) is 14.5 Å². The zero-order valence-electron chi connectivity index (χ0n) is 16.7. The summed E-state index contributed by atoms with van der Waals surface area (Å²) in [6.07, 6.45) is 9.80. The number of nitrogens with one attached hydrogen (secondary N) is 1. The molecule has 1 unspecified atom stereocenters. The molecule has 4 aliphatic rings. The fourth-order valence-corrected chi connectivity index (χ4v) is 8.38. The van der Waals surface area contributed by atoms with Gasteiger partial charge in [0.15, 0.2) is 0 Å². The highest BCUT2D eigenvalue weighted by molar-refractivity contribution is 7.89. The van der Waals surface area contributed by atoms with Gasteiger partial charge in [0, 0.05) is 6.04 Å². The normalized spacial score (nSPS) is 32.7. The molecular formula is C24H31NO2S. The molecule has 0 aliphatic heterocycles. The first-order valence-electron chi connectivity index (χ1n) is 11.0. The fraction of sp³-hybridized carbons (Fsp3) is 0.583. The Morgan fingerprint density at radius 2 is 1.57 bits per heavy atom. The number of benzene rings is 2. The Morgan fingerprint density at radius 3 is 2.18 bits per heavy atom. The predicted octanol–water partition coefficient (Wildman–Crippen LogP) is 5.50. The van der Waals surface area contributed by atoms with E-state index in [1.807, 2.05) is 36.4 Å². The van der Waals surface area contributed by atoms with Gasteiger partial charge in [-0.3, -0.25) is 0 Å². The molecule has 4 fully saturated rings. The molecule has 4 heteroatoms. The summed E-state index contributed by atoms with van der Waals surface area (Å²) in [5.41, 5.74) is 0.189. The number of hydrogen-bond acceptors (Lipinski definition) is 2. The van der Waals surface area contributed by atoms with E-state index in [-0.39, 0.29) is 11.5 Å². The molecule has 6 rings (SSSR count). The summed E-state index contributed by atoms with van der Waals surface area (Å²) in [7, 11) is -3.52. The second kappa shape index (κ2) is 6.84. The van der Waals surface area contributed by atoms with Crippen LogP contribution in [0.15, 0.2) is 47.4 Å². The van der Waals surface area contributed by atoms with Gasteiger partial charge in [0.05, 0.1) is 4.90 Å². The van der Waals surface area contributed by atoms with Crippen LogP contribution in [0, 0.1) is 23.2 Å². The van der Waals surface area contributed by atoms with E-state index in [4.69, 9.17) is 0 Å². The third kappa shape index (κ3) is 3.19. The van der Waals surface area contributed by atoms with Crippen molar-refractivity contribution in [3.05, 3.63) is 42.5 Å². The Hall–Kier alpha value is -1.39. The molecule has 4 saturated carbocycles. The van der Waals surface area contributed by atoms with Crippen molar-refractivity contribution < 1.29 is 8.42 Å². The van der Waals surface area contributed by atoms with E-state index < -0.39 is 10.0 Å². The molecular weight excluding hydrogens is 366 g/mol. The van der Waals surface area contributed by atoms with E-state index in [0.29, 0.717) is 4.90 Å². The van der Waals surface area contributed by atoms with Crippen LogP contribution in [0.5, 0.6) is 0 Å².